The molecule has 0 saturated carbocycles. The third-order valence-electron chi connectivity index (χ3n) is 3.20. The second-order valence-corrected chi connectivity index (χ2v) is 7.42. The fourth-order valence-electron chi connectivity index (χ4n) is 2.25. The van der Waals surface area contributed by atoms with Crippen LogP contribution in [0.3, 0.4) is 0 Å². The summed E-state index contributed by atoms with van der Waals surface area (Å²) in [4.78, 5) is 12.5. The number of aryl methyl sites for hydroxylation is 1. The average molecular weight is 280 g/mol. The molecule has 2 unspecified atom stereocenters. The lowest BCUT2D eigenvalue weighted by atomic mass is 10.0. The van der Waals surface area contributed by atoms with Gasteiger partial charge in [-0.1, -0.05) is 38.5 Å². The standard InChI is InChI=1S/C15H20OS2/c1-3-5-12-6-4-7-13(10-12)14(16)15-11(2)17-8-9-18-15/h4,6-7,10-11,15H,3,5,8-9H2,1-2H3. The second kappa shape index (κ2) is 6.67. The normalized spacial score (nSPS) is 23.9. The molecule has 0 spiro atoms. The van der Waals surface area contributed by atoms with Gasteiger partial charge in [0.2, 0.25) is 0 Å². The summed E-state index contributed by atoms with van der Waals surface area (Å²) in [6, 6.07) is 8.18. The first-order valence-electron chi connectivity index (χ1n) is 6.58. The van der Waals surface area contributed by atoms with Crippen LogP contribution in [0.15, 0.2) is 24.3 Å². The molecular weight excluding hydrogens is 260 g/mol. The number of Topliss-reactive ketones (excluding diaryl/α,β-unsaturated/α-hetero) is 1. The van der Waals surface area contributed by atoms with Gasteiger partial charge in [0.25, 0.3) is 0 Å². The van der Waals surface area contributed by atoms with E-state index in [0.717, 1.165) is 24.2 Å². The van der Waals surface area contributed by atoms with E-state index < -0.39 is 0 Å². The van der Waals surface area contributed by atoms with Crippen LogP contribution in [0.2, 0.25) is 0 Å². The van der Waals surface area contributed by atoms with Crippen LogP contribution in [-0.4, -0.2) is 27.8 Å². The van der Waals surface area contributed by atoms with Gasteiger partial charge in [0, 0.05) is 22.3 Å². The highest BCUT2D eigenvalue weighted by atomic mass is 32.2. The van der Waals surface area contributed by atoms with E-state index in [-0.39, 0.29) is 5.25 Å². The predicted molar refractivity (Wildman–Crippen MR) is 82.9 cm³/mol. The molecule has 98 valence electrons. The molecule has 0 aromatic heterocycles. The molecule has 1 aliphatic rings. The maximum absolute atomic E-state index is 12.5. The Morgan fingerprint density at radius 2 is 2.11 bits per heavy atom. The summed E-state index contributed by atoms with van der Waals surface area (Å²) in [5.41, 5.74) is 2.18. The van der Waals surface area contributed by atoms with Crippen LogP contribution in [0.1, 0.15) is 36.2 Å². The lowest BCUT2D eigenvalue weighted by Gasteiger charge is -2.26. The molecule has 1 saturated heterocycles. The summed E-state index contributed by atoms with van der Waals surface area (Å²) in [7, 11) is 0. The van der Waals surface area contributed by atoms with Crippen molar-refractivity contribution in [2.75, 3.05) is 11.5 Å². The van der Waals surface area contributed by atoms with E-state index in [1.807, 2.05) is 35.7 Å². The van der Waals surface area contributed by atoms with Gasteiger partial charge in [-0.05, 0) is 18.1 Å². The van der Waals surface area contributed by atoms with Gasteiger partial charge < -0.3 is 0 Å². The van der Waals surface area contributed by atoms with Crippen molar-refractivity contribution in [1.82, 2.24) is 0 Å². The zero-order chi connectivity index (χ0) is 13.0. The number of benzene rings is 1. The Labute approximate surface area is 118 Å². The summed E-state index contributed by atoms with van der Waals surface area (Å²) in [5.74, 6) is 2.59. The Morgan fingerprint density at radius 1 is 1.33 bits per heavy atom. The topological polar surface area (TPSA) is 17.1 Å². The van der Waals surface area contributed by atoms with E-state index >= 15 is 0 Å². The SMILES string of the molecule is CCCc1cccc(C(=O)C2SCCSC2C)c1. The molecule has 0 amide bonds. The summed E-state index contributed by atoms with van der Waals surface area (Å²) < 4.78 is 0. The molecule has 2 rings (SSSR count). The first kappa shape index (κ1) is 14.0. The van der Waals surface area contributed by atoms with Gasteiger partial charge in [-0.2, -0.15) is 11.8 Å². The minimum absolute atomic E-state index is 0.139. The molecule has 18 heavy (non-hydrogen) atoms. The van der Waals surface area contributed by atoms with Crippen molar-refractivity contribution >= 4 is 29.3 Å². The minimum Gasteiger partial charge on any atom is -0.293 e. The highest BCUT2D eigenvalue weighted by molar-refractivity contribution is 8.07. The second-order valence-electron chi connectivity index (χ2n) is 4.68. The van der Waals surface area contributed by atoms with Crippen LogP contribution in [0.25, 0.3) is 0 Å². The van der Waals surface area contributed by atoms with Crippen LogP contribution in [0.4, 0.5) is 0 Å². The molecule has 1 fully saturated rings. The molecule has 1 aromatic carbocycles. The molecule has 0 aliphatic carbocycles. The molecule has 1 heterocycles. The summed E-state index contributed by atoms with van der Waals surface area (Å²) in [5, 5.41) is 0.576. The quantitative estimate of drug-likeness (QED) is 0.774. The molecular formula is C15H20OS2. The Morgan fingerprint density at radius 3 is 2.83 bits per heavy atom. The van der Waals surface area contributed by atoms with Crippen molar-refractivity contribution in [2.45, 2.75) is 37.2 Å². The average Bonchev–Trinajstić information content (AvgIpc) is 2.39. The number of carbonyl (C=O) groups is 1. The van der Waals surface area contributed by atoms with Crippen LogP contribution in [0.5, 0.6) is 0 Å². The fraction of sp³-hybridized carbons (Fsp3) is 0.533. The number of thioether (sulfide) groups is 2. The molecule has 1 aliphatic heterocycles. The van der Waals surface area contributed by atoms with E-state index in [2.05, 4.69) is 26.0 Å². The molecule has 1 aromatic rings. The first-order chi connectivity index (χ1) is 8.72. The highest BCUT2D eigenvalue weighted by Crippen LogP contribution is 2.33. The van der Waals surface area contributed by atoms with Crippen molar-refractivity contribution in [1.29, 1.82) is 0 Å². The molecule has 1 nitrogen and oxygen atoms in total. The number of hydrogen-bond acceptors (Lipinski definition) is 3. The van der Waals surface area contributed by atoms with Gasteiger partial charge >= 0.3 is 0 Å². The van der Waals surface area contributed by atoms with Crippen molar-refractivity contribution in [3.05, 3.63) is 35.4 Å². The lowest BCUT2D eigenvalue weighted by Crippen LogP contribution is -2.31. The third-order valence-corrected chi connectivity index (χ3v) is 6.29. The maximum atomic E-state index is 12.5. The van der Waals surface area contributed by atoms with Crippen LogP contribution in [0, 0.1) is 0 Å². The molecule has 0 radical (unpaired) electrons. The largest absolute Gasteiger partial charge is 0.293 e. The first-order valence-corrected chi connectivity index (χ1v) is 8.68. The number of carbonyl (C=O) groups excluding carboxylic acids is 1. The third kappa shape index (κ3) is 3.33. The minimum atomic E-state index is 0.139. The Kier molecular flexibility index (Phi) is 5.19. The van der Waals surface area contributed by atoms with E-state index in [4.69, 9.17) is 0 Å². The Balaban J connectivity index is 2.14. The fourth-order valence-corrected chi connectivity index (χ4v) is 4.98. The highest BCUT2D eigenvalue weighted by Gasteiger charge is 2.29. The number of ketones is 1. The number of rotatable bonds is 4. The Bertz CT molecular complexity index is 417. The molecule has 2 atom stereocenters. The molecule has 0 N–H and O–H groups in total. The molecule has 3 heteroatoms. The van der Waals surface area contributed by atoms with Crippen LogP contribution < -0.4 is 0 Å². The zero-order valence-corrected chi connectivity index (χ0v) is 12.7. The summed E-state index contributed by atoms with van der Waals surface area (Å²) in [6.07, 6.45) is 2.19. The van der Waals surface area contributed by atoms with E-state index in [0.29, 0.717) is 11.0 Å². The monoisotopic (exact) mass is 280 g/mol. The van der Waals surface area contributed by atoms with E-state index in [1.54, 1.807) is 0 Å². The van der Waals surface area contributed by atoms with Crippen LogP contribution in [-0.2, 0) is 6.42 Å². The van der Waals surface area contributed by atoms with Gasteiger partial charge in [-0.15, -0.1) is 11.8 Å². The van der Waals surface area contributed by atoms with Crippen molar-refractivity contribution in [2.24, 2.45) is 0 Å². The van der Waals surface area contributed by atoms with Gasteiger partial charge in [0.1, 0.15) is 0 Å². The Hall–Kier alpha value is -0.410. The maximum Gasteiger partial charge on any atom is 0.176 e. The van der Waals surface area contributed by atoms with Gasteiger partial charge in [0.15, 0.2) is 5.78 Å². The molecule has 0 bridgehead atoms. The van der Waals surface area contributed by atoms with Gasteiger partial charge in [0.05, 0.1) is 5.25 Å². The number of hydrogen-bond donors (Lipinski definition) is 0. The predicted octanol–water partition coefficient (Wildman–Crippen LogP) is 4.06. The van der Waals surface area contributed by atoms with E-state index in [1.165, 1.54) is 11.3 Å². The van der Waals surface area contributed by atoms with Crippen molar-refractivity contribution in [3.8, 4) is 0 Å². The van der Waals surface area contributed by atoms with Gasteiger partial charge in [-0.25, -0.2) is 0 Å². The van der Waals surface area contributed by atoms with Crippen molar-refractivity contribution in [3.63, 3.8) is 0 Å². The van der Waals surface area contributed by atoms with Crippen molar-refractivity contribution < 1.29 is 4.79 Å². The van der Waals surface area contributed by atoms with Gasteiger partial charge in [-0.3, -0.25) is 4.79 Å². The smallest absolute Gasteiger partial charge is 0.176 e. The lowest BCUT2D eigenvalue weighted by molar-refractivity contribution is 0.0989. The summed E-state index contributed by atoms with van der Waals surface area (Å²) in [6.45, 7) is 4.35. The zero-order valence-electron chi connectivity index (χ0n) is 11.0. The van der Waals surface area contributed by atoms with E-state index in [9.17, 15) is 4.79 Å². The summed E-state index contributed by atoms with van der Waals surface area (Å²) >= 11 is 3.75. The van der Waals surface area contributed by atoms with Crippen LogP contribution >= 0.6 is 23.5 Å².